The Labute approximate surface area is 111 Å². The summed E-state index contributed by atoms with van der Waals surface area (Å²) in [6, 6.07) is 0. The lowest BCUT2D eigenvalue weighted by Gasteiger charge is -2.11. The van der Waals surface area contributed by atoms with Crippen LogP contribution in [0.2, 0.25) is 0 Å². The van der Waals surface area contributed by atoms with Gasteiger partial charge >= 0.3 is 0 Å². The van der Waals surface area contributed by atoms with E-state index in [2.05, 4.69) is 20.8 Å². The van der Waals surface area contributed by atoms with Crippen molar-refractivity contribution in [2.75, 3.05) is 0 Å². The number of hydrogen-bond acceptors (Lipinski definition) is 0. The van der Waals surface area contributed by atoms with Gasteiger partial charge in [0.1, 0.15) is 0 Å². The molecule has 0 heteroatoms. The average Bonchev–Trinajstić information content (AvgIpc) is 2.36. The maximum Gasteiger partial charge on any atom is -0.0420 e. The minimum atomic E-state index is 1.00. The predicted octanol–water partition coefficient (Wildman–Crippen LogP) is 6.73. The van der Waals surface area contributed by atoms with Crippen LogP contribution in [0.25, 0.3) is 0 Å². The molecular weight excluding hydrogens is 204 g/mol. The van der Waals surface area contributed by atoms with Crippen LogP contribution in [0.3, 0.4) is 0 Å². The minimum Gasteiger partial charge on any atom is -0.0654 e. The molecule has 0 bridgehead atoms. The molecule has 0 N–H and O–H groups in total. The molecule has 0 aromatic carbocycles. The second-order valence-electron chi connectivity index (χ2n) is 5.65. The van der Waals surface area contributed by atoms with Crippen molar-refractivity contribution in [1.29, 1.82) is 0 Å². The van der Waals surface area contributed by atoms with Crippen molar-refractivity contribution < 1.29 is 0 Å². The summed E-state index contributed by atoms with van der Waals surface area (Å²) in [5, 5.41) is 0. The van der Waals surface area contributed by atoms with Crippen molar-refractivity contribution in [1.82, 2.24) is 0 Å². The molecule has 0 saturated heterocycles. The minimum absolute atomic E-state index is 1.00. The molecule has 0 radical (unpaired) electrons. The molecule has 0 aromatic rings. The van der Waals surface area contributed by atoms with E-state index >= 15 is 0 Å². The Kier molecular flexibility index (Phi) is 14.1. The topological polar surface area (TPSA) is 0 Å². The summed E-state index contributed by atoms with van der Waals surface area (Å²) >= 11 is 0. The highest BCUT2D eigenvalue weighted by Gasteiger charge is 2.02. The summed E-state index contributed by atoms with van der Waals surface area (Å²) in [7, 11) is 0. The Morgan fingerprint density at radius 3 is 1.35 bits per heavy atom. The number of unbranched alkanes of at least 4 members (excludes halogenated alkanes) is 9. The van der Waals surface area contributed by atoms with Crippen LogP contribution in [0.4, 0.5) is 0 Å². The molecule has 17 heavy (non-hydrogen) atoms. The number of rotatable bonds is 13. The van der Waals surface area contributed by atoms with Gasteiger partial charge in [0, 0.05) is 0 Å². The zero-order chi connectivity index (χ0) is 12.8. The van der Waals surface area contributed by atoms with E-state index in [1.807, 2.05) is 0 Å². The third-order valence-corrected chi connectivity index (χ3v) is 4.12. The van der Waals surface area contributed by atoms with Gasteiger partial charge in [0.2, 0.25) is 0 Å². The first-order valence-corrected chi connectivity index (χ1v) is 8.35. The molecular formula is C17H36. The molecule has 0 aliphatic rings. The van der Waals surface area contributed by atoms with Crippen LogP contribution in [-0.2, 0) is 0 Å². The monoisotopic (exact) mass is 240 g/mol. The standard InChI is InChI=1S/C17H36/c1-4-7-8-9-10-11-12-13-14-15-16-17(5-2)6-3/h17H,4-16H2,1-3H3. The van der Waals surface area contributed by atoms with Gasteiger partial charge in [-0.1, -0.05) is 104 Å². The van der Waals surface area contributed by atoms with E-state index in [4.69, 9.17) is 0 Å². The SMILES string of the molecule is CCCCCCCCCCCCC(CC)CC. The van der Waals surface area contributed by atoms with Crippen molar-refractivity contribution in [2.24, 2.45) is 5.92 Å². The van der Waals surface area contributed by atoms with E-state index in [0.717, 1.165) is 5.92 Å². The molecule has 0 aromatic heterocycles. The van der Waals surface area contributed by atoms with E-state index in [-0.39, 0.29) is 0 Å². The van der Waals surface area contributed by atoms with Crippen molar-refractivity contribution in [3.63, 3.8) is 0 Å². The predicted molar refractivity (Wildman–Crippen MR) is 80.5 cm³/mol. The molecule has 0 spiro atoms. The van der Waals surface area contributed by atoms with Crippen LogP contribution in [0.15, 0.2) is 0 Å². The molecule has 104 valence electrons. The first kappa shape index (κ1) is 17.0. The van der Waals surface area contributed by atoms with Gasteiger partial charge in [0.25, 0.3) is 0 Å². The van der Waals surface area contributed by atoms with Crippen LogP contribution in [0.1, 0.15) is 104 Å². The third-order valence-electron chi connectivity index (χ3n) is 4.12. The highest BCUT2D eigenvalue weighted by molar-refractivity contribution is 4.55. The maximum atomic E-state index is 2.34. The second kappa shape index (κ2) is 14.1. The smallest absolute Gasteiger partial charge is 0.0420 e. The van der Waals surface area contributed by atoms with E-state index in [1.54, 1.807) is 0 Å². The summed E-state index contributed by atoms with van der Waals surface area (Å²) < 4.78 is 0. The Hall–Kier alpha value is 0. The fraction of sp³-hybridized carbons (Fsp3) is 1.00. The highest BCUT2D eigenvalue weighted by Crippen LogP contribution is 2.18. The zero-order valence-corrected chi connectivity index (χ0v) is 12.8. The normalized spacial score (nSPS) is 11.3. The molecule has 0 heterocycles. The van der Waals surface area contributed by atoms with Gasteiger partial charge in [0.15, 0.2) is 0 Å². The fourth-order valence-corrected chi connectivity index (χ4v) is 2.62. The molecule has 0 nitrogen and oxygen atoms in total. The summed E-state index contributed by atoms with van der Waals surface area (Å²) in [5.41, 5.74) is 0. The summed E-state index contributed by atoms with van der Waals surface area (Å²) in [6.45, 7) is 6.97. The van der Waals surface area contributed by atoms with Gasteiger partial charge in [-0.15, -0.1) is 0 Å². The van der Waals surface area contributed by atoms with Gasteiger partial charge in [-0.25, -0.2) is 0 Å². The van der Waals surface area contributed by atoms with Crippen molar-refractivity contribution in [2.45, 2.75) is 104 Å². The molecule has 0 saturated carbocycles. The summed E-state index contributed by atoms with van der Waals surface area (Å²) in [4.78, 5) is 0. The van der Waals surface area contributed by atoms with E-state index in [0.29, 0.717) is 0 Å². The zero-order valence-electron chi connectivity index (χ0n) is 12.8. The van der Waals surface area contributed by atoms with Crippen LogP contribution in [0, 0.1) is 5.92 Å². The molecule has 0 atom stereocenters. The number of hydrogen-bond donors (Lipinski definition) is 0. The molecule has 0 fully saturated rings. The lowest BCUT2D eigenvalue weighted by molar-refractivity contribution is 0.426. The quantitative estimate of drug-likeness (QED) is 0.313. The summed E-state index contributed by atoms with van der Waals surface area (Å²) in [6.07, 6.45) is 18.9. The van der Waals surface area contributed by atoms with Crippen LogP contribution < -0.4 is 0 Å². The largest absolute Gasteiger partial charge is 0.0654 e. The van der Waals surface area contributed by atoms with E-state index in [1.165, 1.54) is 83.5 Å². The first-order valence-electron chi connectivity index (χ1n) is 8.35. The Morgan fingerprint density at radius 1 is 0.529 bits per heavy atom. The molecule has 0 aliphatic carbocycles. The van der Waals surface area contributed by atoms with Gasteiger partial charge < -0.3 is 0 Å². The van der Waals surface area contributed by atoms with Gasteiger partial charge in [0.05, 0.1) is 0 Å². The van der Waals surface area contributed by atoms with Crippen molar-refractivity contribution >= 4 is 0 Å². The molecule has 0 unspecified atom stereocenters. The van der Waals surface area contributed by atoms with E-state index < -0.39 is 0 Å². The Bertz CT molecular complexity index is 124. The van der Waals surface area contributed by atoms with Crippen molar-refractivity contribution in [3.8, 4) is 0 Å². The van der Waals surface area contributed by atoms with Gasteiger partial charge in [-0.05, 0) is 5.92 Å². The van der Waals surface area contributed by atoms with Crippen molar-refractivity contribution in [3.05, 3.63) is 0 Å². The van der Waals surface area contributed by atoms with E-state index in [9.17, 15) is 0 Å². The second-order valence-corrected chi connectivity index (χ2v) is 5.65. The third kappa shape index (κ3) is 12.2. The average molecular weight is 240 g/mol. The fourth-order valence-electron chi connectivity index (χ4n) is 2.62. The molecule has 0 aliphatic heterocycles. The Morgan fingerprint density at radius 2 is 0.941 bits per heavy atom. The molecule has 0 rings (SSSR count). The van der Waals surface area contributed by atoms with Gasteiger partial charge in [-0.2, -0.15) is 0 Å². The van der Waals surface area contributed by atoms with Gasteiger partial charge in [-0.3, -0.25) is 0 Å². The van der Waals surface area contributed by atoms with Crippen LogP contribution in [-0.4, -0.2) is 0 Å². The van der Waals surface area contributed by atoms with Crippen LogP contribution in [0.5, 0.6) is 0 Å². The lowest BCUT2D eigenvalue weighted by Crippen LogP contribution is -1.96. The maximum absolute atomic E-state index is 2.34. The lowest BCUT2D eigenvalue weighted by atomic mass is 9.95. The summed E-state index contributed by atoms with van der Waals surface area (Å²) in [5.74, 6) is 1.00. The van der Waals surface area contributed by atoms with Crippen LogP contribution >= 0.6 is 0 Å². The highest BCUT2D eigenvalue weighted by atomic mass is 14.1. The Balaban J connectivity index is 3.03. The molecule has 0 amide bonds. The first-order chi connectivity index (χ1) is 8.35.